The molecule has 0 unspecified atom stereocenters. The molecular weight excluding hydrogens is 246 g/mol. The Morgan fingerprint density at radius 2 is 1.35 bits per heavy atom. The van der Waals surface area contributed by atoms with Crippen LogP contribution >= 0.6 is 0 Å². The lowest BCUT2D eigenvalue weighted by atomic mass is 10.1. The number of hydrogen-bond donors (Lipinski definition) is 1. The Hall–Kier alpha value is -1.80. The summed E-state index contributed by atoms with van der Waals surface area (Å²) in [5, 5.41) is 3.46. The van der Waals surface area contributed by atoms with Crippen molar-refractivity contribution in [3.63, 3.8) is 0 Å². The Morgan fingerprint density at radius 3 is 1.85 bits per heavy atom. The molecule has 2 aromatic rings. The smallest absolute Gasteiger partial charge is 0.119 e. The number of hydrogen-bond acceptors (Lipinski definition) is 2. The maximum Gasteiger partial charge on any atom is 0.119 e. The van der Waals surface area contributed by atoms with Gasteiger partial charge in [-0.05, 0) is 44.0 Å². The Labute approximate surface area is 121 Å². The number of ether oxygens (including phenoxy) is 1. The van der Waals surface area contributed by atoms with E-state index < -0.39 is 0 Å². The van der Waals surface area contributed by atoms with Crippen molar-refractivity contribution in [3.8, 4) is 5.75 Å². The molecule has 0 saturated heterocycles. The van der Waals surface area contributed by atoms with Crippen LogP contribution in [0.1, 0.15) is 30.5 Å². The second-order valence-corrected chi connectivity index (χ2v) is 5.40. The van der Waals surface area contributed by atoms with E-state index in [0.29, 0.717) is 0 Å². The van der Waals surface area contributed by atoms with Gasteiger partial charge in [0.1, 0.15) is 5.75 Å². The first-order valence-corrected chi connectivity index (χ1v) is 7.15. The predicted octanol–water partition coefficient (Wildman–Crippen LogP) is 4.07. The topological polar surface area (TPSA) is 21.3 Å². The van der Waals surface area contributed by atoms with E-state index in [2.05, 4.69) is 48.6 Å². The van der Waals surface area contributed by atoms with Gasteiger partial charge in [0.25, 0.3) is 0 Å². The van der Waals surface area contributed by atoms with E-state index >= 15 is 0 Å². The van der Waals surface area contributed by atoms with E-state index in [1.54, 1.807) is 0 Å². The number of nitrogens with one attached hydrogen (secondary N) is 1. The quantitative estimate of drug-likeness (QED) is 0.853. The molecule has 2 nitrogen and oxygen atoms in total. The van der Waals surface area contributed by atoms with Gasteiger partial charge in [-0.15, -0.1) is 0 Å². The van der Waals surface area contributed by atoms with Crippen LogP contribution in [0, 0.1) is 6.92 Å². The number of benzene rings is 2. The summed E-state index contributed by atoms with van der Waals surface area (Å²) in [5.74, 6) is 0.933. The maximum absolute atomic E-state index is 5.63. The van der Waals surface area contributed by atoms with Crippen LogP contribution in [0.15, 0.2) is 48.5 Å². The van der Waals surface area contributed by atoms with Crippen molar-refractivity contribution in [1.29, 1.82) is 0 Å². The van der Waals surface area contributed by atoms with Crippen LogP contribution in [0.25, 0.3) is 0 Å². The van der Waals surface area contributed by atoms with Crippen LogP contribution in [0.2, 0.25) is 0 Å². The molecule has 20 heavy (non-hydrogen) atoms. The monoisotopic (exact) mass is 269 g/mol. The zero-order valence-electron chi connectivity index (χ0n) is 12.5. The molecule has 0 aliphatic heterocycles. The third-order valence-electron chi connectivity index (χ3n) is 3.07. The molecule has 0 aromatic heterocycles. The van der Waals surface area contributed by atoms with E-state index in [4.69, 9.17) is 4.74 Å². The van der Waals surface area contributed by atoms with Crippen LogP contribution in [-0.4, -0.2) is 6.10 Å². The van der Waals surface area contributed by atoms with Crippen molar-refractivity contribution in [2.75, 3.05) is 0 Å². The van der Waals surface area contributed by atoms with Gasteiger partial charge in [-0.3, -0.25) is 0 Å². The van der Waals surface area contributed by atoms with Gasteiger partial charge in [0.05, 0.1) is 6.10 Å². The molecule has 0 amide bonds. The van der Waals surface area contributed by atoms with Gasteiger partial charge in [-0.2, -0.15) is 0 Å². The molecule has 0 aliphatic carbocycles. The molecule has 0 fully saturated rings. The fourth-order valence-corrected chi connectivity index (χ4v) is 2.02. The zero-order valence-corrected chi connectivity index (χ0v) is 12.5. The third kappa shape index (κ3) is 4.71. The van der Waals surface area contributed by atoms with Gasteiger partial charge in [0, 0.05) is 13.1 Å². The maximum atomic E-state index is 5.63. The molecule has 0 bridgehead atoms. The summed E-state index contributed by atoms with van der Waals surface area (Å²) in [6.45, 7) is 7.95. The highest BCUT2D eigenvalue weighted by atomic mass is 16.5. The fourth-order valence-electron chi connectivity index (χ4n) is 2.02. The predicted molar refractivity (Wildman–Crippen MR) is 83.9 cm³/mol. The molecular formula is C18H23NO. The molecule has 0 heterocycles. The summed E-state index contributed by atoms with van der Waals surface area (Å²) in [7, 11) is 0. The Kier molecular flexibility index (Phi) is 5.19. The van der Waals surface area contributed by atoms with Gasteiger partial charge in [-0.1, -0.05) is 42.0 Å². The molecule has 2 rings (SSSR count). The van der Waals surface area contributed by atoms with Gasteiger partial charge in [0.15, 0.2) is 0 Å². The highest BCUT2D eigenvalue weighted by molar-refractivity contribution is 5.27. The minimum absolute atomic E-state index is 0.223. The minimum atomic E-state index is 0.223. The number of aryl methyl sites for hydroxylation is 1. The minimum Gasteiger partial charge on any atom is -0.491 e. The summed E-state index contributed by atoms with van der Waals surface area (Å²) < 4.78 is 5.63. The molecule has 0 saturated carbocycles. The van der Waals surface area contributed by atoms with Crippen molar-refractivity contribution in [1.82, 2.24) is 5.32 Å². The molecule has 2 aromatic carbocycles. The SMILES string of the molecule is Cc1ccc(CNCc2ccc(OC(C)C)cc2)cc1. The lowest BCUT2D eigenvalue weighted by Gasteiger charge is -2.10. The first-order chi connectivity index (χ1) is 9.63. The largest absolute Gasteiger partial charge is 0.491 e. The highest BCUT2D eigenvalue weighted by Crippen LogP contribution is 2.13. The van der Waals surface area contributed by atoms with Gasteiger partial charge in [0.2, 0.25) is 0 Å². The zero-order chi connectivity index (χ0) is 14.4. The van der Waals surface area contributed by atoms with Crippen molar-refractivity contribution in [2.24, 2.45) is 0 Å². The second kappa shape index (κ2) is 7.11. The van der Waals surface area contributed by atoms with E-state index in [9.17, 15) is 0 Å². The lowest BCUT2D eigenvalue weighted by molar-refractivity contribution is 0.242. The Morgan fingerprint density at radius 1 is 0.850 bits per heavy atom. The summed E-state index contributed by atoms with van der Waals surface area (Å²) in [4.78, 5) is 0. The third-order valence-corrected chi connectivity index (χ3v) is 3.07. The molecule has 0 radical (unpaired) electrons. The van der Waals surface area contributed by atoms with E-state index in [1.807, 2.05) is 26.0 Å². The van der Waals surface area contributed by atoms with Crippen LogP contribution in [0.3, 0.4) is 0 Å². The molecule has 0 aliphatic rings. The molecule has 0 atom stereocenters. The fraction of sp³-hybridized carbons (Fsp3) is 0.333. The first-order valence-electron chi connectivity index (χ1n) is 7.15. The lowest BCUT2D eigenvalue weighted by Crippen LogP contribution is -2.12. The van der Waals surface area contributed by atoms with Gasteiger partial charge in [-0.25, -0.2) is 0 Å². The summed E-state index contributed by atoms with van der Waals surface area (Å²) in [6.07, 6.45) is 0.223. The second-order valence-electron chi connectivity index (χ2n) is 5.40. The van der Waals surface area contributed by atoms with E-state index in [1.165, 1.54) is 16.7 Å². The first kappa shape index (κ1) is 14.6. The Bertz CT molecular complexity index is 514. The summed E-state index contributed by atoms with van der Waals surface area (Å²) in [6, 6.07) is 16.9. The average Bonchev–Trinajstić information content (AvgIpc) is 2.42. The Balaban J connectivity index is 1.80. The van der Waals surface area contributed by atoms with Gasteiger partial charge >= 0.3 is 0 Å². The molecule has 0 spiro atoms. The molecule has 2 heteroatoms. The van der Waals surface area contributed by atoms with Crippen molar-refractivity contribution in [2.45, 2.75) is 40.0 Å². The normalized spacial score (nSPS) is 10.8. The van der Waals surface area contributed by atoms with Crippen LogP contribution in [0.4, 0.5) is 0 Å². The molecule has 106 valence electrons. The molecule has 1 N–H and O–H groups in total. The van der Waals surface area contributed by atoms with Crippen LogP contribution in [-0.2, 0) is 13.1 Å². The van der Waals surface area contributed by atoms with E-state index in [0.717, 1.165) is 18.8 Å². The standard InChI is InChI=1S/C18H23NO/c1-14(2)20-18-10-8-17(9-11-18)13-19-12-16-6-4-15(3)5-7-16/h4-11,14,19H,12-13H2,1-3H3. The highest BCUT2D eigenvalue weighted by Gasteiger charge is 1.98. The van der Waals surface area contributed by atoms with Crippen molar-refractivity contribution < 1.29 is 4.74 Å². The van der Waals surface area contributed by atoms with Crippen molar-refractivity contribution >= 4 is 0 Å². The van der Waals surface area contributed by atoms with Gasteiger partial charge < -0.3 is 10.1 Å². The number of rotatable bonds is 6. The van der Waals surface area contributed by atoms with E-state index in [-0.39, 0.29) is 6.10 Å². The summed E-state index contributed by atoms with van der Waals surface area (Å²) in [5.41, 5.74) is 3.89. The van der Waals surface area contributed by atoms with Crippen LogP contribution < -0.4 is 10.1 Å². The average molecular weight is 269 g/mol. The van der Waals surface area contributed by atoms with Crippen molar-refractivity contribution in [3.05, 3.63) is 65.2 Å². The van der Waals surface area contributed by atoms with Crippen LogP contribution in [0.5, 0.6) is 5.75 Å². The summed E-state index contributed by atoms with van der Waals surface area (Å²) >= 11 is 0.